The first-order valence-electron chi connectivity index (χ1n) is 9.07. The van der Waals surface area contributed by atoms with Gasteiger partial charge in [-0.1, -0.05) is 60.7 Å². The van der Waals surface area contributed by atoms with Crippen LogP contribution in [-0.2, 0) is 13.1 Å². The number of nitrogens with zero attached hydrogens (tertiary/aromatic N) is 4. The van der Waals surface area contributed by atoms with E-state index < -0.39 is 0 Å². The fourth-order valence-electron chi connectivity index (χ4n) is 2.88. The van der Waals surface area contributed by atoms with Crippen molar-refractivity contribution in [3.63, 3.8) is 0 Å². The third-order valence-electron chi connectivity index (χ3n) is 4.39. The Kier molecular flexibility index (Phi) is 6.15. The highest BCUT2D eigenvalue weighted by Gasteiger charge is 2.15. The fraction of sp³-hybridized carbons (Fsp3) is 0.227. The highest BCUT2D eigenvalue weighted by atomic mass is 16.2. The summed E-state index contributed by atoms with van der Waals surface area (Å²) in [6.07, 6.45) is 3.24. The normalized spacial score (nSPS) is 10.4. The van der Waals surface area contributed by atoms with Crippen LogP contribution in [0.25, 0.3) is 0 Å². The first kappa shape index (κ1) is 18.6. The molecular weight excluding hydrogens is 336 g/mol. The second-order valence-corrected chi connectivity index (χ2v) is 6.41. The highest BCUT2D eigenvalue weighted by molar-refractivity contribution is 5.91. The Labute approximate surface area is 160 Å². The van der Waals surface area contributed by atoms with Crippen LogP contribution >= 0.6 is 0 Å². The number of amides is 1. The lowest BCUT2D eigenvalue weighted by molar-refractivity contribution is 0.0779. The molecule has 0 saturated carbocycles. The van der Waals surface area contributed by atoms with Gasteiger partial charge in [0.2, 0.25) is 0 Å². The van der Waals surface area contributed by atoms with E-state index in [1.54, 1.807) is 24.3 Å². The third kappa shape index (κ3) is 4.91. The molecule has 0 atom stereocenters. The van der Waals surface area contributed by atoms with Crippen molar-refractivity contribution in [1.29, 1.82) is 0 Å². The largest absolute Gasteiger partial charge is 0.351 e. The Morgan fingerprint density at radius 2 is 1.44 bits per heavy atom. The van der Waals surface area contributed by atoms with E-state index >= 15 is 0 Å². The maximum absolute atomic E-state index is 12.6. The van der Waals surface area contributed by atoms with E-state index in [1.807, 2.05) is 48.5 Å². The van der Waals surface area contributed by atoms with Crippen molar-refractivity contribution in [2.75, 3.05) is 18.5 Å². The van der Waals surface area contributed by atoms with E-state index in [2.05, 4.69) is 33.9 Å². The van der Waals surface area contributed by atoms with Gasteiger partial charge in [0, 0.05) is 26.7 Å². The average molecular weight is 360 g/mol. The molecule has 27 heavy (non-hydrogen) atoms. The van der Waals surface area contributed by atoms with E-state index in [4.69, 9.17) is 0 Å². The van der Waals surface area contributed by atoms with Crippen LogP contribution in [0.15, 0.2) is 73.1 Å². The topological polar surface area (TPSA) is 49.3 Å². The Balaban J connectivity index is 1.67. The van der Waals surface area contributed by atoms with E-state index in [1.165, 1.54) is 5.56 Å². The Morgan fingerprint density at radius 3 is 1.96 bits per heavy atom. The lowest BCUT2D eigenvalue weighted by atomic mass is 10.2. The number of benzene rings is 2. The summed E-state index contributed by atoms with van der Waals surface area (Å²) in [6, 6.07) is 20.1. The smallest absolute Gasteiger partial charge is 0.274 e. The van der Waals surface area contributed by atoms with Crippen molar-refractivity contribution in [2.24, 2.45) is 0 Å². The number of rotatable bonds is 7. The van der Waals surface area contributed by atoms with Crippen LogP contribution < -0.4 is 4.90 Å². The van der Waals surface area contributed by atoms with Crippen molar-refractivity contribution in [3.05, 3.63) is 89.9 Å². The highest BCUT2D eigenvalue weighted by Crippen LogP contribution is 2.14. The van der Waals surface area contributed by atoms with Crippen LogP contribution in [0, 0.1) is 0 Å². The molecule has 0 spiro atoms. The predicted molar refractivity (Wildman–Crippen MR) is 107 cm³/mol. The zero-order chi connectivity index (χ0) is 19.1. The molecule has 3 aromatic rings. The van der Waals surface area contributed by atoms with Crippen LogP contribution in [-0.4, -0.2) is 34.4 Å². The van der Waals surface area contributed by atoms with Gasteiger partial charge in [-0.2, -0.15) is 0 Å². The molecule has 5 nitrogen and oxygen atoms in total. The average Bonchev–Trinajstić information content (AvgIpc) is 2.73. The summed E-state index contributed by atoms with van der Waals surface area (Å²) in [5.74, 6) is 0.632. The summed E-state index contributed by atoms with van der Waals surface area (Å²) < 4.78 is 0. The van der Waals surface area contributed by atoms with Gasteiger partial charge in [0.1, 0.15) is 11.5 Å². The quantitative estimate of drug-likeness (QED) is 0.643. The molecule has 5 heteroatoms. The Morgan fingerprint density at radius 1 is 0.852 bits per heavy atom. The summed E-state index contributed by atoms with van der Waals surface area (Å²) in [4.78, 5) is 25.2. The summed E-state index contributed by atoms with van der Waals surface area (Å²) in [7, 11) is 1.78. The summed E-state index contributed by atoms with van der Waals surface area (Å²) in [6.45, 7) is 4.19. The van der Waals surface area contributed by atoms with Crippen LogP contribution in [0.4, 0.5) is 5.82 Å². The van der Waals surface area contributed by atoms with Crippen LogP contribution in [0.3, 0.4) is 0 Å². The van der Waals surface area contributed by atoms with Crippen molar-refractivity contribution in [1.82, 2.24) is 14.9 Å². The molecule has 1 aromatic heterocycles. The van der Waals surface area contributed by atoms with Crippen LogP contribution in [0.1, 0.15) is 28.5 Å². The number of hydrogen-bond acceptors (Lipinski definition) is 4. The van der Waals surface area contributed by atoms with Crippen molar-refractivity contribution < 1.29 is 4.79 Å². The molecule has 0 fully saturated rings. The molecule has 0 aliphatic heterocycles. The van der Waals surface area contributed by atoms with Gasteiger partial charge >= 0.3 is 0 Å². The standard InChI is InChI=1S/C22H24N4O/c1-3-26(17-19-12-8-5-9-13-19)21-15-23-20(14-24-21)22(27)25(2)16-18-10-6-4-7-11-18/h4-15H,3,16-17H2,1-2H3. The van der Waals surface area contributed by atoms with Crippen LogP contribution in [0.5, 0.6) is 0 Å². The summed E-state index contributed by atoms with van der Waals surface area (Å²) in [5.41, 5.74) is 2.65. The molecule has 3 rings (SSSR count). The van der Waals surface area contributed by atoms with Gasteiger partial charge in [0.25, 0.3) is 5.91 Å². The molecule has 0 radical (unpaired) electrons. The zero-order valence-electron chi connectivity index (χ0n) is 15.7. The first-order chi connectivity index (χ1) is 13.2. The SMILES string of the molecule is CCN(Cc1ccccc1)c1cnc(C(=O)N(C)Cc2ccccc2)cn1. The van der Waals surface area contributed by atoms with Crippen LogP contribution in [0.2, 0.25) is 0 Å². The van der Waals surface area contributed by atoms with E-state index in [0.29, 0.717) is 12.2 Å². The van der Waals surface area contributed by atoms with Crippen molar-refractivity contribution >= 4 is 11.7 Å². The number of hydrogen-bond donors (Lipinski definition) is 0. The Bertz CT molecular complexity index is 851. The molecule has 1 heterocycles. The van der Waals surface area contributed by atoms with Gasteiger partial charge in [-0.15, -0.1) is 0 Å². The molecular formula is C22H24N4O. The number of aromatic nitrogens is 2. The molecule has 0 saturated heterocycles. The minimum atomic E-state index is -0.135. The minimum absolute atomic E-state index is 0.135. The first-order valence-corrected chi connectivity index (χ1v) is 9.07. The number of carbonyl (C=O) groups is 1. The molecule has 1 amide bonds. The lowest BCUT2D eigenvalue weighted by Crippen LogP contribution is -2.28. The number of anilines is 1. The van der Waals surface area contributed by atoms with E-state index in [-0.39, 0.29) is 5.91 Å². The minimum Gasteiger partial charge on any atom is -0.351 e. The predicted octanol–water partition coefficient (Wildman–Crippen LogP) is 3.78. The maximum Gasteiger partial charge on any atom is 0.274 e. The van der Waals surface area contributed by atoms with Gasteiger partial charge in [0.05, 0.1) is 12.4 Å². The maximum atomic E-state index is 12.6. The van der Waals surface area contributed by atoms with Gasteiger partial charge in [-0.25, -0.2) is 9.97 Å². The van der Waals surface area contributed by atoms with Gasteiger partial charge in [-0.05, 0) is 18.1 Å². The molecule has 2 aromatic carbocycles. The van der Waals surface area contributed by atoms with Gasteiger partial charge < -0.3 is 9.80 Å². The van der Waals surface area contributed by atoms with E-state index in [0.717, 1.165) is 24.5 Å². The Hall–Kier alpha value is -3.21. The molecule has 0 bridgehead atoms. The molecule has 0 unspecified atom stereocenters. The summed E-state index contributed by atoms with van der Waals surface area (Å²) >= 11 is 0. The molecule has 0 N–H and O–H groups in total. The van der Waals surface area contributed by atoms with Gasteiger partial charge in [-0.3, -0.25) is 4.79 Å². The van der Waals surface area contributed by atoms with Gasteiger partial charge in [0.15, 0.2) is 0 Å². The lowest BCUT2D eigenvalue weighted by Gasteiger charge is -2.22. The monoisotopic (exact) mass is 360 g/mol. The van der Waals surface area contributed by atoms with Crippen molar-refractivity contribution in [3.8, 4) is 0 Å². The molecule has 138 valence electrons. The third-order valence-corrected chi connectivity index (χ3v) is 4.39. The molecule has 0 aliphatic rings. The zero-order valence-corrected chi connectivity index (χ0v) is 15.7. The molecule has 0 aliphatic carbocycles. The fourth-order valence-corrected chi connectivity index (χ4v) is 2.88. The summed E-state index contributed by atoms with van der Waals surface area (Å²) in [5, 5.41) is 0. The second kappa shape index (κ2) is 8.94. The number of carbonyl (C=O) groups excluding carboxylic acids is 1. The van der Waals surface area contributed by atoms with Crippen molar-refractivity contribution in [2.45, 2.75) is 20.0 Å². The van der Waals surface area contributed by atoms with E-state index in [9.17, 15) is 4.79 Å². The second-order valence-electron chi connectivity index (χ2n) is 6.41.